The number of nitrogens with zero attached hydrogens (tertiary/aromatic N) is 4. The number of piperazine rings is 1. The molecule has 196 valence electrons. The quantitative estimate of drug-likeness (QED) is 0.356. The molecule has 0 atom stereocenters. The summed E-state index contributed by atoms with van der Waals surface area (Å²) in [5.74, 6) is -0.512. The zero-order valence-corrected chi connectivity index (χ0v) is 22.4. The summed E-state index contributed by atoms with van der Waals surface area (Å²) in [5.41, 5.74) is 6.29. The lowest BCUT2D eigenvalue weighted by atomic mass is 9.96. The number of benzene rings is 3. The zero-order valence-electron chi connectivity index (χ0n) is 22.4. The Kier molecular flexibility index (Phi) is 7.31. The summed E-state index contributed by atoms with van der Waals surface area (Å²) in [6.07, 6.45) is 4.08. The first-order chi connectivity index (χ1) is 18.8. The highest BCUT2D eigenvalue weighted by atomic mass is 16.1. The van der Waals surface area contributed by atoms with Crippen LogP contribution in [0.3, 0.4) is 0 Å². The van der Waals surface area contributed by atoms with Crippen LogP contribution in [0.4, 0.5) is 11.4 Å². The van der Waals surface area contributed by atoms with E-state index in [-0.39, 0.29) is 11.7 Å². The molecule has 4 aromatic rings. The minimum atomic E-state index is -0.292. The number of hydrogen-bond donors (Lipinski definition) is 1. The minimum Gasteiger partial charge on any atom is -0.369 e. The predicted octanol–water partition coefficient (Wildman–Crippen LogP) is 5.20. The summed E-state index contributed by atoms with van der Waals surface area (Å²) in [7, 11) is 2.13. The Bertz CT molecular complexity index is 1590. The first-order valence-electron chi connectivity index (χ1n) is 13.0. The van der Waals surface area contributed by atoms with Crippen molar-refractivity contribution < 1.29 is 9.59 Å². The molecule has 2 heterocycles. The number of amides is 1. The lowest BCUT2D eigenvalue weighted by Crippen LogP contribution is -2.44. The number of anilines is 2. The molecule has 7 heteroatoms. The van der Waals surface area contributed by atoms with Crippen LogP contribution in [0.15, 0.2) is 79.1 Å². The fraction of sp³-hybridized carbons (Fsp3) is 0.219. The largest absolute Gasteiger partial charge is 0.369 e. The molecule has 0 aliphatic carbocycles. The maximum absolute atomic E-state index is 13.4. The number of likely N-dealkylation sites (N-methyl/N-ethyl adjacent to an activating group) is 1. The maximum Gasteiger partial charge on any atom is 0.255 e. The number of aryl methyl sites for hydroxylation is 2. The number of hydrogen-bond acceptors (Lipinski definition) is 5. The molecule has 1 aliphatic rings. The Balaban J connectivity index is 1.45. The van der Waals surface area contributed by atoms with Gasteiger partial charge in [-0.05, 0) is 80.6 Å². The van der Waals surface area contributed by atoms with Gasteiger partial charge in [0.2, 0.25) is 0 Å². The fourth-order valence-electron chi connectivity index (χ4n) is 4.82. The smallest absolute Gasteiger partial charge is 0.255 e. The highest BCUT2D eigenvalue weighted by Gasteiger charge is 2.19. The third-order valence-electron chi connectivity index (χ3n) is 7.17. The van der Waals surface area contributed by atoms with Gasteiger partial charge >= 0.3 is 0 Å². The van der Waals surface area contributed by atoms with E-state index in [1.807, 2.05) is 25.3 Å². The molecule has 1 aliphatic heterocycles. The number of aromatic nitrogens is 1. The van der Waals surface area contributed by atoms with Crippen molar-refractivity contribution in [1.29, 1.82) is 5.26 Å². The van der Waals surface area contributed by atoms with E-state index < -0.39 is 0 Å². The summed E-state index contributed by atoms with van der Waals surface area (Å²) >= 11 is 0. The van der Waals surface area contributed by atoms with E-state index in [0.29, 0.717) is 27.9 Å². The molecule has 7 nitrogen and oxygen atoms in total. The minimum absolute atomic E-state index is 0.221. The molecule has 1 fully saturated rings. The molecule has 0 bridgehead atoms. The molecule has 0 spiro atoms. The lowest BCUT2D eigenvalue weighted by molar-refractivity contribution is 0.102. The second kappa shape index (κ2) is 11.0. The van der Waals surface area contributed by atoms with Gasteiger partial charge < -0.3 is 19.7 Å². The number of ketones is 1. The standard InChI is InChI=1S/C32H31N5O2/c1-22-9-10-37(21-22)29-18-27(17-28(19-29)36-13-11-35(3)12-14-36)34-32(39)26-8-7-23(2)30(16-26)31(38)25-6-4-5-24(15-25)20-33/h4-10,15-19,21H,11-14H2,1-3H3,(H,34,39). The van der Waals surface area contributed by atoms with Crippen molar-refractivity contribution in [2.75, 3.05) is 43.4 Å². The summed E-state index contributed by atoms with van der Waals surface area (Å²) in [4.78, 5) is 31.3. The van der Waals surface area contributed by atoms with Crippen LogP contribution in [0.1, 0.15) is 43.0 Å². The normalized spacial score (nSPS) is 13.6. The summed E-state index contributed by atoms with van der Waals surface area (Å²) in [6, 6.07) is 22.0. The predicted molar refractivity (Wildman–Crippen MR) is 154 cm³/mol. The lowest BCUT2D eigenvalue weighted by Gasteiger charge is -2.34. The average Bonchev–Trinajstić information content (AvgIpc) is 3.39. The second-order valence-corrected chi connectivity index (χ2v) is 10.1. The van der Waals surface area contributed by atoms with Gasteiger partial charge in [0, 0.05) is 72.3 Å². The van der Waals surface area contributed by atoms with Crippen molar-refractivity contribution in [3.63, 3.8) is 0 Å². The second-order valence-electron chi connectivity index (χ2n) is 10.1. The fourth-order valence-corrected chi connectivity index (χ4v) is 4.82. The van der Waals surface area contributed by atoms with Crippen LogP contribution >= 0.6 is 0 Å². The molecule has 0 saturated carbocycles. The Morgan fingerprint density at radius 2 is 1.64 bits per heavy atom. The van der Waals surface area contributed by atoms with Gasteiger partial charge in [-0.2, -0.15) is 5.26 Å². The first kappa shape index (κ1) is 26.0. The number of nitriles is 1. The Labute approximate surface area is 228 Å². The van der Waals surface area contributed by atoms with Crippen molar-refractivity contribution in [1.82, 2.24) is 9.47 Å². The highest BCUT2D eigenvalue weighted by molar-refractivity contribution is 6.12. The average molecular weight is 518 g/mol. The van der Waals surface area contributed by atoms with Gasteiger partial charge in [-0.25, -0.2) is 0 Å². The molecular weight excluding hydrogens is 486 g/mol. The van der Waals surface area contributed by atoms with Gasteiger partial charge in [0.1, 0.15) is 0 Å². The van der Waals surface area contributed by atoms with Crippen LogP contribution in [-0.4, -0.2) is 54.4 Å². The van der Waals surface area contributed by atoms with Gasteiger partial charge in [0.15, 0.2) is 5.78 Å². The van der Waals surface area contributed by atoms with Crippen molar-refractivity contribution >= 4 is 23.1 Å². The van der Waals surface area contributed by atoms with Crippen molar-refractivity contribution in [3.8, 4) is 11.8 Å². The molecule has 1 amide bonds. The highest BCUT2D eigenvalue weighted by Crippen LogP contribution is 2.27. The maximum atomic E-state index is 13.4. The van der Waals surface area contributed by atoms with Crippen molar-refractivity contribution in [2.45, 2.75) is 13.8 Å². The molecule has 1 aromatic heterocycles. The van der Waals surface area contributed by atoms with Gasteiger partial charge in [-0.3, -0.25) is 9.59 Å². The van der Waals surface area contributed by atoms with E-state index in [1.165, 1.54) is 0 Å². The summed E-state index contributed by atoms with van der Waals surface area (Å²) in [5, 5.41) is 12.3. The van der Waals surface area contributed by atoms with E-state index in [4.69, 9.17) is 0 Å². The van der Waals surface area contributed by atoms with Crippen LogP contribution in [0, 0.1) is 25.2 Å². The van der Waals surface area contributed by atoms with Crippen LogP contribution in [0.25, 0.3) is 5.69 Å². The zero-order chi connectivity index (χ0) is 27.5. The number of carbonyl (C=O) groups excluding carboxylic acids is 2. The monoisotopic (exact) mass is 517 g/mol. The van der Waals surface area contributed by atoms with Crippen LogP contribution in [-0.2, 0) is 0 Å². The van der Waals surface area contributed by atoms with Gasteiger partial charge in [0.25, 0.3) is 5.91 Å². The topological polar surface area (TPSA) is 81.4 Å². The Morgan fingerprint density at radius 1 is 0.872 bits per heavy atom. The SMILES string of the molecule is Cc1ccn(-c2cc(NC(=O)c3ccc(C)c(C(=O)c4cccc(C#N)c4)c3)cc(N3CCN(C)CC3)c2)c1. The number of rotatable bonds is 6. The third kappa shape index (κ3) is 5.77. The van der Waals surface area contributed by atoms with E-state index in [1.54, 1.807) is 42.5 Å². The van der Waals surface area contributed by atoms with Crippen molar-refractivity contribution in [3.05, 3.63) is 113 Å². The van der Waals surface area contributed by atoms with Crippen LogP contribution < -0.4 is 10.2 Å². The molecule has 39 heavy (non-hydrogen) atoms. The van der Waals surface area contributed by atoms with Gasteiger partial charge in [-0.1, -0.05) is 18.2 Å². The van der Waals surface area contributed by atoms with E-state index >= 15 is 0 Å². The van der Waals surface area contributed by atoms with Gasteiger partial charge in [-0.15, -0.1) is 0 Å². The van der Waals surface area contributed by atoms with Crippen molar-refractivity contribution in [2.24, 2.45) is 0 Å². The molecule has 0 radical (unpaired) electrons. The Hall–Kier alpha value is -4.67. The number of carbonyl (C=O) groups is 2. The summed E-state index contributed by atoms with van der Waals surface area (Å²) in [6.45, 7) is 7.67. The summed E-state index contributed by atoms with van der Waals surface area (Å²) < 4.78 is 2.06. The van der Waals surface area contributed by atoms with Gasteiger partial charge in [0.05, 0.1) is 11.6 Å². The molecule has 1 N–H and O–H groups in total. The molecular formula is C32H31N5O2. The molecule has 0 unspecified atom stereocenters. The van der Waals surface area contributed by atoms with Crippen LogP contribution in [0.2, 0.25) is 0 Å². The van der Waals surface area contributed by atoms with Crippen LogP contribution in [0.5, 0.6) is 0 Å². The molecule has 5 rings (SSSR count). The van der Waals surface area contributed by atoms with E-state index in [2.05, 4.69) is 58.1 Å². The molecule has 3 aromatic carbocycles. The van der Waals surface area contributed by atoms with E-state index in [0.717, 1.165) is 48.7 Å². The first-order valence-corrected chi connectivity index (χ1v) is 13.0. The van der Waals surface area contributed by atoms with E-state index in [9.17, 15) is 14.9 Å². The number of nitrogens with one attached hydrogen (secondary N) is 1. The molecule has 1 saturated heterocycles. The Morgan fingerprint density at radius 3 is 2.36 bits per heavy atom. The third-order valence-corrected chi connectivity index (χ3v) is 7.17.